The lowest BCUT2D eigenvalue weighted by molar-refractivity contribution is 0.0595. The van der Waals surface area contributed by atoms with Gasteiger partial charge in [0.1, 0.15) is 5.82 Å². The molecule has 0 aliphatic heterocycles. The highest BCUT2D eigenvalue weighted by Crippen LogP contribution is 2.29. The van der Waals surface area contributed by atoms with Gasteiger partial charge in [0.05, 0.1) is 22.7 Å². The van der Waals surface area contributed by atoms with Gasteiger partial charge in [0.25, 0.3) is 0 Å². The van der Waals surface area contributed by atoms with E-state index in [1.54, 1.807) is 24.3 Å². The number of methoxy groups -OCH3 is 1. The van der Waals surface area contributed by atoms with Gasteiger partial charge in [-0.05, 0) is 35.4 Å². The quantitative estimate of drug-likeness (QED) is 0.758. The Kier molecular flexibility index (Phi) is 4.08. The fraction of sp³-hybridized carbons (Fsp3) is 0.0714. The van der Waals surface area contributed by atoms with Crippen molar-refractivity contribution in [1.29, 1.82) is 0 Å². The summed E-state index contributed by atoms with van der Waals surface area (Å²) < 4.78 is 18.0. The Balaban J connectivity index is 2.51. The molecule has 0 fully saturated rings. The summed E-state index contributed by atoms with van der Waals surface area (Å²) in [5.74, 6) is -1.35. The summed E-state index contributed by atoms with van der Waals surface area (Å²) in [5, 5.41) is 0.823. The zero-order chi connectivity index (χ0) is 14.0. The van der Waals surface area contributed by atoms with Crippen molar-refractivity contribution >= 4 is 29.2 Å². The second-order valence-corrected chi connectivity index (χ2v) is 4.63. The van der Waals surface area contributed by atoms with Gasteiger partial charge in [0.15, 0.2) is 0 Å². The first-order chi connectivity index (χ1) is 9.02. The van der Waals surface area contributed by atoms with Crippen LogP contribution in [0.3, 0.4) is 0 Å². The average molecular weight is 299 g/mol. The molecule has 0 atom stereocenters. The maximum absolute atomic E-state index is 13.5. The van der Waals surface area contributed by atoms with Crippen molar-refractivity contribution in [1.82, 2.24) is 0 Å². The van der Waals surface area contributed by atoms with Gasteiger partial charge in [-0.2, -0.15) is 0 Å². The molecule has 5 heteroatoms. The van der Waals surface area contributed by atoms with Crippen molar-refractivity contribution in [3.8, 4) is 11.1 Å². The molecule has 0 spiro atoms. The Hall–Kier alpha value is -1.58. The molecule has 0 aliphatic rings. The number of carbonyl (C=O) groups excluding carboxylic acids is 1. The summed E-state index contributed by atoms with van der Waals surface area (Å²) in [6.45, 7) is 0. The van der Waals surface area contributed by atoms with Crippen molar-refractivity contribution in [3.05, 3.63) is 57.8 Å². The Bertz CT molecular complexity index is 641. The van der Waals surface area contributed by atoms with Crippen LogP contribution in [0.25, 0.3) is 11.1 Å². The first kappa shape index (κ1) is 13.8. The molecule has 19 heavy (non-hydrogen) atoms. The number of hydrogen-bond donors (Lipinski definition) is 0. The summed E-state index contributed by atoms with van der Waals surface area (Å²) in [6, 6.07) is 9.22. The van der Waals surface area contributed by atoms with Crippen LogP contribution in [0, 0.1) is 5.82 Å². The molecule has 0 heterocycles. The molecule has 0 amide bonds. The van der Waals surface area contributed by atoms with Crippen molar-refractivity contribution in [2.75, 3.05) is 7.11 Å². The van der Waals surface area contributed by atoms with Crippen LogP contribution in [0.2, 0.25) is 10.0 Å². The molecule has 0 bridgehead atoms. The first-order valence-corrected chi connectivity index (χ1v) is 6.12. The Labute approximate surface area is 119 Å². The van der Waals surface area contributed by atoms with Crippen LogP contribution in [0.4, 0.5) is 4.39 Å². The van der Waals surface area contributed by atoms with E-state index in [0.29, 0.717) is 15.6 Å². The second kappa shape index (κ2) is 5.59. The topological polar surface area (TPSA) is 26.3 Å². The van der Waals surface area contributed by atoms with Crippen LogP contribution in [-0.4, -0.2) is 13.1 Å². The number of halogens is 3. The molecule has 2 nitrogen and oxygen atoms in total. The summed E-state index contributed by atoms with van der Waals surface area (Å²) in [7, 11) is 1.20. The normalized spacial score (nSPS) is 10.3. The van der Waals surface area contributed by atoms with Gasteiger partial charge in [0, 0.05) is 0 Å². The summed E-state index contributed by atoms with van der Waals surface area (Å²) >= 11 is 11.8. The lowest BCUT2D eigenvalue weighted by Crippen LogP contribution is -2.04. The number of esters is 1. The molecule has 0 aromatic heterocycles. The predicted molar refractivity (Wildman–Crippen MR) is 73.2 cm³/mol. The minimum Gasteiger partial charge on any atom is -0.465 e. The number of carbonyl (C=O) groups is 1. The molecule has 2 aromatic carbocycles. The van der Waals surface area contributed by atoms with Gasteiger partial charge < -0.3 is 4.74 Å². The second-order valence-electron chi connectivity index (χ2n) is 3.82. The third-order valence-corrected chi connectivity index (χ3v) is 3.36. The standard InChI is InChI=1S/C14H9Cl2FO2/c1-19-14(18)10-6-8(3-5-13(10)17)9-2-4-11(15)12(16)7-9/h2-7H,1H3. The van der Waals surface area contributed by atoms with E-state index in [1.807, 2.05) is 0 Å². The third-order valence-electron chi connectivity index (χ3n) is 2.62. The minimum absolute atomic E-state index is 0.119. The lowest BCUT2D eigenvalue weighted by Gasteiger charge is -2.07. The van der Waals surface area contributed by atoms with Crippen LogP contribution in [-0.2, 0) is 4.74 Å². The van der Waals surface area contributed by atoms with Crippen molar-refractivity contribution in [3.63, 3.8) is 0 Å². The Morgan fingerprint density at radius 1 is 1.05 bits per heavy atom. The molecule has 98 valence electrons. The Morgan fingerprint density at radius 3 is 2.32 bits per heavy atom. The molecule has 0 saturated heterocycles. The van der Waals surface area contributed by atoms with E-state index in [4.69, 9.17) is 23.2 Å². The Morgan fingerprint density at radius 2 is 1.68 bits per heavy atom. The zero-order valence-corrected chi connectivity index (χ0v) is 11.4. The number of rotatable bonds is 2. The molecule has 2 aromatic rings. The van der Waals surface area contributed by atoms with Gasteiger partial charge in [-0.25, -0.2) is 9.18 Å². The maximum atomic E-state index is 13.5. The molecule has 2 rings (SSSR count). The van der Waals surface area contributed by atoms with Gasteiger partial charge >= 0.3 is 5.97 Å². The monoisotopic (exact) mass is 298 g/mol. The van der Waals surface area contributed by atoms with Crippen LogP contribution in [0.5, 0.6) is 0 Å². The van der Waals surface area contributed by atoms with E-state index in [9.17, 15) is 9.18 Å². The summed E-state index contributed by atoms with van der Waals surface area (Å²) in [4.78, 5) is 11.4. The van der Waals surface area contributed by atoms with Crippen LogP contribution in [0.1, 0.15) is 10.4 Å². The number of benzene rings is 2. The van der Waals surface area contributed by atoms with E-state index in [-0.39, 0.29) is 5.56 Å². The minimum atomic E-state index is -0.723. The van der Waals surface area contributed by atoms with Gasteiger partial charge in [-0.15, -0.1) is 0 Å². The zero-order valence-electron chi connectivity index (χ0n) is 9.91. The summed E-state index contributed by atoms with van der Waals surface area (Å²) in [5.41, 5.74) is 1.27. The average Bonchev–Trinajstić information content (AvgIpc) is 2.41. The predicted octanol–water partition coefficient (Wildman–Crippen LogP) is 4.59. The fourth-order valence-electron chi connectivity index (χ4n) is 1.65. The molecule has 0 aliphatic carbocycles. The van der Waals surface area contributed by atoms with Gasteiger partial charge in [-0.3, -0.25) is 0 Å². The number of hydrogen-bond acceptors (Lipinski definition) is 2. The number of ether oxygens (including phenoxy) is 1. The third kappa shape index (κ3) is 2.88. The van der Waals surface area contributed by atoms with Crippen molar-refractivity contribution in [2.24, 2.45) is 0 Å². The SMILES string of the molecule is COC(=O)c1cc(-c2ccc(Cl)c(Cl)c2)ccc1F. The van der Waals surface area contributed by atoms with E-state index in [2.05, 4.69) is 4.74 Å². The van der Waals surface area contributed by atoms with Crippen molar-refractivity contribution < 1.29 is 13.9 Å². The molecular weight excluding hydrogens is 290 g/mol. The van der Waals surface area contributed by atoms with E-state index >= 15 is 0 Å². The highest BCUT2D eigenvalue weighted by Gasteiger charge is 2.13. The largest absolute Gasteiger partial charge is 0.465 e. The highest BCUT2D eigenvalue weighted by molar-refractivity contribution is 6.42. The lowest BCUT2D eigenvalue weighted by atomic mass is 10.0. The fourth-order valence-corrected chi connectivity index (χ4v) is 1.95. The van der Waals surface area contributed by atoms with E-state index < -0.39 is 11.8 Å². The van der Waals surface area contributed by atoms with Gasteiger partial charge in [0.2, 0.25) is 0 Å². The molecule has 0 unspecified atom stereocenters. The van der Waals surface area contributed by atoms with Crippen molar-refractivity contribution in [2.45, 2.75) is 0 Å². The van der Waals surface area contributed by atoms with Crippen LogP contribution in [0.15, 0.2) is 36.4 Å². The van der Waals surface area contributed by atoms with Crippen LogP contribution < -0.4 is 0 Å². The van der Waals surface area contributed by atoms with E-state index in [1.165, 1.54) is 19.2 Å². The molecule has 0 saturated carbocycles. The van der Waals surface area contributed by atoms with E-state index in [0.717, 1.165) is 5.56 Å². The molecule has 0 N–H and O–H groups in total. The van der Waals surface area contributed by atoms with Gasteiger partial charge in [-0.1, -0.05) is 35.3 Å². The highest BCUT2D eigenvalue weighted by atomic mass is 35.5. The molecule has 0 radical (unpaired) electrons. The molecular formula is C14H9Cl2FO2. The maximum Gasteiger partial charge on any atom is 0.340 e. The first-order valence-electron chi connectivity index (χ1n) is 5.36. The smallest absolute Gasteiger partial charge is 0.340 e. The van der Waals surface area contributed by atoms with Crippen LogP contribution >= 0.6 is 23.2 Å². The summed E-state index contributed by atoms with van der Waals surface area (Å²) in [6.07, 6.45) is 0.